The van der Waals surface area contributed by atoms with E-state index in [1.54, 1.807) is 24.3 Å². The van der Waals surface area contributed by atoms with E-state index in [0.29, 0.717) is 23.1 Å². The van der Waals surface area contributed by atoms with Gasteiger partial charge >= 0.3 is 6.18 Å². The monoisotopic (exact) mass is 478 g/mol. The maximum absolute atomic E-state index is 12.8. The lowest BCUT2D eigenvalue weighted by molar-refractivity contribution is -0.137. The number of sulfonamides is 1. The number of benzene rings is 3. The fourth-order valence-electron chi connectivity index (χ4n) is 2.85. The van der Waals surface area contributed by atoms with Crippen molar-refractivity contribution in [3.05, 3.63) is 83.9 Å². The third-order valence-electron chi connectivity index (χ3n) is 4.35. The van der Waals surface area contributed by atoms with Crippen molar-refractivity contribution < 1.29 is 31.1 Å². The highest BCUT2D eigenvalue weighted by Crippen LogP contribution is 2.31. The fraction of sp³-hybridized carbons (Fsp3) is 0.174. The largest absolute Gasteiger partial charge is 0.491 e. The minimum atomic E-state index is -4.59. The number of carbonyl (C=O) groups excluding carboxylic acids is 1. The standard InChI is InChI=1S/C23H21F3N2O4S/c1-15(2)32-20-10-6-16(7-11-20)22(29)27-18-8-12-21(13-9-18)33(30,31)28-19-5-3-4-17(14-19)23(24,25)26/h3-15,28H,1-2H3,(H,27,29). The fourth-order valence-corrected chi connectivity index (χ4v) is 3.90. The van der Waals surface area contributed by atoms with E-state index < -0.39 is 27.7 Å². The number of anilines is 2. The van der Waals surface area contributed by atoms with Crippen LogP contribution in [-0.2, 0) is 16.2 Å². The molecule has 0 unspecified atom stereocenters. The number of halogens is 3. The summed E-state index contributed by atoms with van der Waals surface area (Å²) < 4.78 is 71.3. The molecular weight excluding hydrogens is 457 g/mol. The van der Waals surface area contributed by atoms with Gasteiger partial charge in [-0.1, -0.05) is 6.07 Å². The molecule has 33 heavy (non-hydrogen) atoms. The Labute approximate surface area is 189 Å². The summed E-state index contributed by atoms with van der Waals surface area (Å²) in [6.45, 7) is 3.78. The third-order valence-corrected chi connectivity index (χ3v) is 5.75. The van der Waals surface area contributed by atoms with Crippen molar-refractivity contribution in [2.45, 2.75) is 31.0 Å². The van der Waals surface area contributed by atoms with E-state index in [4.69, 9.17) is 4.74 Å². The van der Waals surface area contributed by atoms with Crippen LogP contribution >= 0.6 is 0 Å². The minimum absolute atomic E-state index is 0.00235. The van der Waals surface area contributed by atoms with Crippen molar-refractivity contribution in [1.29, 1.82) is 0 Å². The van der Waals surface area contributed by atoms with Crippen LogP contribution in [0.4, 0.5) is 24.5 Å². The van der Waals surface area contributed by atoms with Crippen LogP contribution < -0.4 is 14.8 Å². The Bertz CT molecular complexity index is 1220. The van der Waals surface area contributed by atoms with E-state index in [1.165, 1.54) is 30.3 Å². The van der Waals surface area contributed by atoms with E-state index in [9.17, 15) is 26.4 Å². The summed E-state index contributed by atoms with van der Waals surface area (Å²) in [5, 5.41) is 2.65. The number of carbonyl (C=O) groups is 1. The SMILES string of the molecule is CC(C)Oc1ccc(C(=O)Nc2ccc(S(=O)(=O)Nc3cccc(C(F)(F)F)c3)cc2)cc1. The van der Waals surface area contributed by atoms with Gasteiger partial charge in [0.1, 0.15) is 5.75 Å². The molecule has 174 valence electrons. The van der Waals surface area contributed by atoms with Crippen LogP contribution in [0.1, 0.15) is 29.8 Å². The van der Waals surface area contributed by atoms with E-state index >= 15 is 0 Å². The van der Waals surface area contributed by atoms with Crippen molar-refractivity contribution in [3.8, 4) is 5.75 Å². The molecule has 10 heteroatoms. The van der Waals surface area contributed by atoms with Crippen LogP contribution in [0, 0.1) is 0 Å². The Morgan fingerprint density at radius 1 is 0.909 bits per heavy atom. The van der Waals surface area contributed by atoms with E-state index in [1.807, 2.05) is 13.8 Å². The van der Waals surface area contributed by atoms with E-state index in [-0.39, 0.29) is 16.7 Å². The lowest BCUT2D eigenvalue weighted by Crippen LogP contribution is -2.15. The third kappa shape index (κ3) is 6.48. The zero-order chi connectivity index (χ0) is 24.2. The Balaban J connectivity index is 1.68. The molecule has 1 amide bonds. The second kappa shape index (κ2) is 9.53. The highest BCUT2D eigenvalue weighted by Gasteiger charge is 2.30. The van der Waals surface area contributed by atoms with Crippen LogP contribution in [0.15, 0.2) is 77.7 Å². The average Bonchev–Trinajstić information content (AvgIpc) is 2.73. The summed E-state index contributed by atoms with van der Waals surface area (Å²) in [6.07, 6.45) is -4.59. The number of rotatable bonds is 7. The van der Waals surface area contributed by atoms with Gasteiger partial charge in [-0.25, -0.2) is 8.42 Å². The molecule has 0 saturated heterocycles. The molecule has 0 atom stereocenters. The molecule has 0 aliphatic rings. The van der Waals surface area contributed by atoms with Gasteiger partial charge in [0.05, 0.1) is 16.6 Å². The first kappa shape index (κ1) is 24.1. The molecule has 6 nitrogen and oxygen atoms in total. The lowest BCUT2D eigenvalue weighted by Gasteiger charge is -2.12. The van der Waals surface area contributed by atoms with E-state index in [2.05, 4.69) is 10.0 Å². The number of hydrogen-bond donors (Lipinski definition) is 2. The van der Waals surface area contributed by atoms with Crippen LogP contribution in [0.5, 0.6) is 5.75 Å². The molecule has 0 aliphatic heterocycles. The molecule has 0 aromatic heterocycles. The smallest absolute Gasteiger partial charge is 0.416 e. The van der Waals surface area contributed by atoms with Gasteiger partial charge in [0.15, 0.2) is 0 Å². The number of amides is 1. The van der Waals surface area contributed by atoms with Crippen molar-refractivity contribution in [3.63, 3.8) is 0 Å². The normalized spacial score (nSPS) is 11.8. The molecule has 0 aliphatic carbocycles. The van der Waals surface area contributed by atoms with Crippen molar-refractivity contribution in [1.82, 2.24) is 0 Å². The zero-order valence-electron chi connectivity index (χ0n) is 17.7. The first-order chi connectivity index (χ1) is 15.4. The highest BCUT2D eigenvalue weighted by molar-refractivity contribution is 7.92. The van der Waals surface area contributed by atoms with E-state index in [0.717, 1.165) is 12.1 Å². The predicted molar refractivity (Wildman–Crippen MR) is 119 cm³/mol. The molecular formula is C23H21F3N2O4S. The topological polar surface area (TPSA) is 84.5 Å². The van der Waals surface area contributed by atoms with Gasteiger partial charge in [-0.15, -0.1) is 0 Å². The maximum Gasteiger partial charge on any atom is 0.416 e. The first-order valence-electron chi connectivity index (χ1n) is 9.82. The Hall–Kier alpha value is -3.53. The van der Waals surface area contributed by atoms with Gasteiger partial charge < -0.3 is 10.1 Å². The number of ether oxygens (including phenoxy) is 1. The zero-order valence-corrected chi connectivity index (χ0v) is 18.5. The molecule has 3 rings (SSSR count). The first-order valence-corrected chi connectivity index (χ1v) is 11.3. The van der Waals surface area contributed by atoms with Crippen molar-refractivity contribution in [2.24, 2.45) is 0 Å². The van der Waals surface area contributed by atoms with Gasteiger partial charge in [-0.2, -0.15) is 13.2 Å². The van der Waals surface area contributed by atoms with Gasteiger partial charge in [0.2, 0.25) is 0 Å². The van der Waals surface area contributed by atoms with Crippen LogP contribution in [-0.4, -0.2) is 20.4 Å². The summed E-state index contributed by atoms with van der Waals surface area (Å²) in [5.74, 6) is 0.230. The second-order valence-corrected chi connectivity index (χ2v) is 9.04. The van der Waals surface area contributed by atoms with Gasteiger partial charge in [-0.3, -0.25) is 9.52 Å². The number of hydrogen-bond acceptors (Lipinski definition) is 4. The van der Waals surface area contributed by atoms with Gasteiger partial charge in [0, 0.05) is 16.9 Å². The molecule has 2 N–H and O–H groups in total. The van der Waals surface area contributed by atoms with Crippen molar-refractivity contribution in [2.75, 3.05) is 10.0 Å². The average molecular weight is 478 g/mol. The lowest BCUT2D eigenvalue weighted by atomic mass is 10.2. The summed E-state index contributed by atoms with van der Waals surface area (Å²) in [7, 11) is -4.13. The molecule has 0 radical (unpaired) electrons. The molecule has 3 aromatic rings. The Morgan fingerprint density at radius 2 is 1.55 bits per heavy atom. The van der Waals surface area contributed by atoms with Crippen LogP contribution in [0.3, 0.4) is 0 Å². The van der Waals surface area contributed by atoms with Gasteiger partial charge in [0.25, 0.3) is 15.9 Å². The molecule has 3 aromatic carbocycles. The number of alkyl halides is 3. The summed E-state index contributed by atoms with van der Waals surface area (Å²) in [6, 6.07) is 15.7. The second-order valence-electron chi connectivity index (χ2n) is 7.35. The minimum Gasteiger partial charge on any atom is -0.491 e. The maximum atomic E-state index is 12.8. The molecule has 0 fully saturated rings. The predicted octanol–water partition coefficient (Wildman–Crippen LogP) is 5.55. The van der Waals surface area contributed by atoms with Crippen molar-refractivity contribution >= 4 is 27.3 Å². The number of nitrogens with one attached hydrogen (secondary N) is 2. The Kier molecular flexibility index (Phi) is 6.97. The summed E-state index contributed by atoms with van der Waals surface area (Å²) in [5.41, 5.74) is -0.453. The van der Waals surface area contributed by atoms with Gasteiger partial charge in [-0.05, 0) is 80.6 Å². The quantitative estimate of drug-likeness (QED) is 0.467. The van der Waals surface area contributed by atoms with Crippen LogP contribution in [0.25, 0.3) is 0 Å². The van der Waals surface area contributed by atoms with Crippen LogP contribution in [0.2, 0.25) is 0 Å². The summed E-state index contributed by atoms with van der Waals surface area (Å²) >= 11 is 0. The molecule has 0 saturated carbocycles. The summed E-state index contributed by atoms with van der Waals surface area (Å²) in [4.78, 5) is 12.2. The Morgan fingerprint density at radius 3 is 2.12 bits per heavy atom. The molecule has 0 spiro atoms. The molecule has 0 heterocycles. The highest BCUT2D eigenvalue weighted by atomic mass is 32.2. The molecule has 0 bridgehead atoms.